The molecule has 4 rings (SSSR count). The van der Waals surface area contributed by atoms with Crippen LogP contribution in [-0.4, -0.2) is 17.1 Å². The molecule has 0 saturated carbocycles. The SMILES string of the molecule is COc1ccc(Nc2nc(Nc3ccccc3C)nc3ccccc23)cc1. The highest BCUT2D eigenvalue weighted by Gasteiger charge is 2.09. The average molecular weight is 356 g/mol. The Morgan fingerprint density at radius 3 is 2.30 bits per heavy atom. The second kappa shape index (κ2) is 7.33. The summed E-state index contributed by atoms with van der Waals surface area (Å²) in [6.45, 7) is 2.06. The van der Waals surface area contributed by atoms with E-state index in [4.69, 9.17) is 9.72 Å². The maximum atomic E-state index is 5.22. The first-order valence-electron chi connectivity index (χ1n) is 8.73. The Morgan fingerprint density at radius 2 is 1.52 bits per heavy atom. The second-order valence-corrected chi connectivity index (χ2v) is 6.21. The van der Waals surface area contributed by atoms with Gasteiger partial charge in [-0.2, -0.15) is 4.98 Å². The summed E-state index contributed by atoms with van der Waals surface area (Å²) in [6.07, 6.45) is 0. The topological polar surface area (TPSA) is 59.1 Å². The number of nitrogens with one attached hydrogen (secondary N) is 2. The van der Waals surface area contributed by atoms with Crippen molar-refractivity contribution in [1.82, 2.24) is 9.97 Å². The largest absolute Gasteiger partial charge is 0.497 e. The van der Waals surface area contributed by atoms with E-state index in [2.05, 4.69) is 28.6 Å². The van der Waals surface area contributed by atoms with Crippen molar-refractivity contribution in [2.45, 2.75) is 6.92 Å². The molecule has 0 bridgehead atoms. The zero-order chi connectivity index (χ0) is 18.6. The first-order chi connectivity index (χ1) is 13.2. The lowest BCUT2D eigenvalue weighted by molar-refractivity contribution is 0.415. The summed E-state index contributed by atoms with van der Waals surface area (Å²) in [5.41, 5.74) is 3.93. The van der Waals surface area contributed by atoms with E-state index in [1.54, 1.807) is 7.11 Å². The van der Waals surface area contributed by atoms with Gasteiger partial charge in [-0.1, -0.05) is 30.3 Å². The Morgan fingerprint density at radius 1 is 0.778 bits per heavy atom. The van der Waals surface area contributed by atoms with Crippen LogP contribution >= 0.6 is 0 Å². The smallest absolute Gasteiger partial charge is 0.229 e. The van der Waals surface area contributed by atoms with Crippen LogP contribution in [0.5, 0.6) is 5.75 Å². The predicted molar refractivity (Wildman–Crippen MR) is 110 cm³/mol. The van der Waals surface area contributed by atoms with Crippen LogP contribution in [0.1, 0.15) is 5.56 Å². The number of methoxy groups -OCH3 is 1. The minimum absolute atomic E-state index is 0.555. The molecule has 0 aliphatic carbocycles. The summed E-state index contributed by atoms with van der Waals surface area (Å²) in [5, 5.41) is 7.68. The van der Waals surface area contributed by atoms with Gasteiger partial charge in [-0.3, -0.25) is 0 Å². The highest BCUT2D eigenvalue weighted by molar-refractivity contribution is 5.92. The normalized spacial score (nSPS) is 10.6. The van der Waals surface area contributed by atoms with Gasteiger partial charge in [0.15, 0.2) is 0 Å². The van der Waals surface area contributed by atoms with E-state index in [1.165, 1.54) is 0 Å². The monoisotopic (exact) mass is 356 g/mol. The number of aryl methyl sites for hydroxylation is 1. The summed E-state index contributed by atoms with van der Waals surface area (Å²) >= 11 is 0. The van der Waals surface area contributed by atoms with Gasteiger partial charge in [0.1, 0.15) is 11.6 Å². The van der Waals surface area contributed by atoms with Gasteiger partial charge in [-0.05, 0) is 55.0 Å². The molecule has 0 fully saturated rings. The maximum Gasteiger partial charge on any atom is 0.229 e. The van der Waals surface area contributed by atoms with Gasteiger partial charge >= 0.3 is 0 Å². The Bertz CT molecular complexity index is 1080. The van der Waals surface area contributed by atoms with E-state index < -0.39 is 0 Å². The van der Waals surface area contributed by atoms with E-state index >= 15 is 0 Å². The van der Waals surface area contributed by atoms with Crippen LogP contribution in [0.15, 0.2) is 72.8 Å². The molecule has 5 heteroatoms. The second-order valence-electron chi connectivity index (χ2n) is 6.21. The molecular weight excluding hydrogens is 336 g/mol. The first kappa shape index (κ1) is 16.8. The molecule has 2 N–H and O–H groups in total. The summed E-state index contributed by atoms with van der Waals surface area (Å²) in [4.78, 5) is 9.37. The molecule has 4 aromatic rings. The molecule has 0 radical (unpaired) electrons. The molecule has 0 saturated heterocycles. The first-order valence-corrected chi connectivity index (χ1v) is 8.73. The number of rotatable bonds is 5. The van der Waals surface area contributed by atoms with Crippen molar-refractivity contribution >= 4 is 34.0 Å². The summed E-state index contributed by atoms with van der Waals surface area (Å²) in [5.74, 6) is 2.12. The molecular formula is C22H20N4O. The molecule has 0 unspecified atom stereocenters. The molecule has 1 aromatic heterocycles. The summed E-state index contributed by atoms with van der Waals surface area (Å²) in [6, 6.07) is 23.8. The number of hydrogen-bond donors (Lipinski definition) is 2. The van der Waals surface area contributed by atoms with Crippen molar-refractivity contribution in [3.8, 4) is 5.75 Å². The lowest BCUT2D eigenvalue weighted by Gasteiger charge is -2.13. The molecule has 0 spiro atoms. The lowest BCUT2D eigenvalue weighted by Crippen LogP contribution is -2.03. The van der Waals surface area contributed by atoms with E-state index in [9.17, 15) is 0 Å². The van der Waals surface area contributed by atoms with Crippen LogP contribution in [0.25, 0.3) is 10.9 Å². The van der Waals surface area contributed by atoms with Crippen LogP contribution in [0.3, 0.4) is 0 Å². The molecule has 0 atom stereocenters. The van der Waals surface area contributed by atoms with Gasteiger partial charge in [0.25, 0.3) is 0 Å². The van der Waals surface area contributed by atoms with E-state index in [0.29, 0.717) is 5.95 Å². The van der Waals surface area contributed by atoms with E-state index in [-0.39, 0.29) is 0 Å². The summed E-state index contributed by atoms with van der Waals surface area (Å²) in [7, 11) is 1.66. The number of para-hydroxylation sites is 2. The van der Waals surface area contributed by atoms with Crippen molar-refractivity contribution in [3.05, 3.63) is 78.4 Å². The fourth-order valence-electron chi connectivity index (χ4n) is 2.87. The minimum Gasteiger partial charge on any atom is -0.497 e. The Kier molecular flexibility index (Phi) is 4.58. The van der Waals surface area contributed by atoms with Gasteiger partial charge in [0.2, 0.25) is 5.95 Å². The van der Waals surface area contributed by atoms with Crippen LogP contribution in [-0.2, 0) is 0 Å². The third-order valence-electron chi connectivity index (χ3n) is 4.35. The van der Waals surface area contributed by atoms with Crippen molar-refractivity contribution < 1.29 is 4.74 Å². The van der Waals surface area contributed by atoms with E-state index in [0.717, 1.165) is 39.4 Å². The molecule has 1 heterocycles. The number of aromatic nitrogens is 2. The number of ether oxygens (including phenoxy) is 1. The van der Waals surface area contributed by atoms with Crippen molar-refractivity contribution in [3.63, 3.8) is 0 Å². The van der Waals surface area contributed by atoms with Crippen LogP contribution in [0.2, 0.25) is 0 Å². The zero-order valence-corrected chi connectivity index (χ0v) is 15.2. The van der Waals surface area contributed by atoms with Gasteiger partial charge in [-0.25, -0.2) is 4.98 Å². The van der Waals surface area contributed by atoms with Gasteiger partial charge in [0, 0.05) is 16.8 Å². The highest BCUT2D eigenvalue weighted by Crippen LogP contribution is 2.27. The Hall–Kier alpha value is -3.60. The third-order valence-corrected chi connectivity index (χ3v) is 4.35. The number of fused-ring (bicyclic) bond motifs is 1. The maximum absolute atomic E-state index is 5.22. The average Bonchev–Trinajstić information content (AvgIpc) is 2.70. The van der Waals surface area contributed by atoms with Gasteiger partial charge in [-0.15, -0.1) is 0 Å². The van der Waals surface area contributed by atoms with Crippen molar-refractivity contribution in [2.75, 3.05) is 17.7 Å². The predicted octanol–water partition coefficient (Wildman–Crippen LogP) is 5.43. The minimum atomic E-state index is 0.555. The zero-order valence-electron chi connectivity index (χ0n) is 15.2. The van der Waals surface area contributed by atoms with Crippen molar-refractivity contribution in [1.29, 1.82) is 0 Å². The van der Waals surface area contributed by atoms with Crippen LogP contribution in [0, 0.1) is 6.92 Å². The summed E-state index contributed by atoms with van der Waals surface area (Å²) < 4.78 is 5.22. The molecule has 5 nitrogen and oxygen atoms in total. The standard InChI is InChI=1S/C22H20N4O/c1-15-7-3-5-9-19(15)24-22-25-20-10-6-4-8-18(20)21(26-22)23-16-11-13-17(27-2)14-12-16/h3-14H,1-2H3,(H2,23,24,25,26). The van der Waals surface area contributed by atoms with E-state index in [1.807, 2.05) is 66.7 Å². The lowest BCUT2D eigenvalue weighted by atomic mass is 10.2. The van der Waals surface area contributed by atoms with Gasteiger partial charge < -0.3 is 15.4 Å². The Labute approximate surface area is 158 Å². The fourth-order valence-corrected chi connectivity index (χ4v) is 2.87. The third kappa shape index (κ3) is 3.67. The molecule has 3 aromatic carbocycles. The number of anilines is 4. The quantitative estimate of drug-likeness (QED) is 0.499. The van der Waals surface area contributed by atoms with Crippen LogP contribution in [0.4, 0.5) is 23.1 Å². The molecule has 27 heavy (non-hydrogen) atoms. The molecule has 0 aliphatic rings. The Balaban J connectivity index is 1.72. The number of hydrogen-bond acceptors (Lipinski definition) is 5. The van der Waals surface area contributed by atoms with Crippen LogP contribution < -0.4 is 15.4 Å². The molecule has 134 valence electrons. The molecule has 0 amide bonds. The van der Waals surface area contributed by atoms with Gasteiger partial charge in [0.05, 0.1) is 12.6 Å². The van der Waals surface area contributed by atoms with Crippen molar-refractivity contribution in [2.24, 2.45) is 0 Å². The highest BCUT2D eigenvalue weighted by atomic mass is 16.5. The fraction of sp³-hybridized carbons (Fsp3) is 0.0909. The molecule has 0 aliphatic heterocycles. The number of benzene rings is 3. The number of nitrogens with zero attached hydrogens (tertiary/aromatic N) is 2.